The first-order chi connectivity index (χ1) is 5.18. The van der Waals surface area contributed by atoms with Crippen molar-refractivity contribution in [3.8, 4) is 0 Å². The number of ether oxygens (including phenoxy) is 1. The smallest absolute Gasteiger partial charge is 0.335 e. The Morgan fingerprint density at radius 2 is 2.27 bits per heavy atom. The minimum absolute atomic E-state index is 0.298. The molecule has 0 saturated heterocycles. The molecule has 5 nitrogen and oxygen atoms in total. The summed E-state index contributed by atoms with van der Waals surface area (Å²) in [4.78, 5) is 14.8. The molecule has 64 valence electrons. The van der Waals surface area contributed by atoms with E-state index in [9.17, 15) is 4.79 Å². The van der Waals surface area contributed by atoms with E-state index in [0.29, 0.717) is 16.1 Å². The van der Waals surface area contributed by atoms with Gasteiger partial charge in [0.25, 0.3) is 0 Å². The monoisotopic (exact) mass is 178 g/mol. The predicted octanol–water partition coefficient (Wildman–Crippen LogP) is -0.777. The van der Waals surface area contributed by atoms with Crippen molar-refractivity contribution < 1.29 is 24.0 Å². The Morgan fingerprint density at radius 1 is 1.64 bits per heavy atom. The molecule has 0 spiro atoms. The van der Waals surface area contributed by atoms with Gasteiger partial charge in [-0.3, -0.25) is 4.58 Å². The standard InChI is InChI=1S/C5H10O5Si/c1-4(2)5(6)7-3-8-9-10-11/h1,3H2,2,11H3. The molecule has 0 aromatic rings. The average molecular weight is 178 g/mol. The van der Waals surface area contributed by atoms with Gasteiger partial charge in [0.15, 0.2) is 10.5 Å². The van der Waals surface area contributed by atoms with Crippen LogP contribution in [0, 0.1) is 0 Å². The Kier molecular flexibility index (Phi) is 5.66. The highest BCUT2D eigenvalue weighted by molar-refractivity contribution is 5.97. The van der Waals surface area contributed by atoms with Crippen molar-refractivity contribution in [3.63, 3.8) is 0 Å². The molecule has 0 atom stereocenters. The van der Waals surface area contributed by atoms with Crippen LogP contribution < -0.4 is 0 Å². The van der Waals surface area contributed by atoms with Crippen LogP contribution >= 0.6 is 0 Å². The Balaban J connectivity index is 3.25. The van der Waals surface area contributed by atoms with Crippen LogP contribution in [0.2, 0.25) is 0 Å². The zero-order valence-electron chi connectivity index (χ0n) is 6.46. The molecular weight excluding hydrogens is 168 g/mol. The predicted molar refractivity (Wildman–Crippen MR) is 39.0 cm³/mol. The Bertz CT molecular complexity index is 146. The number of carbonyl (C=O) groups excluding carboxylic acids is 1. The van der Waals surface area contributed by atoms with Gasteiger partial charge in [0.1, 0.15) is 0 Å². The number of esters is 1. The summed E-state index contributed by atoms with van der Waals surface area (Å²) < 4.78 is 8.64. The summed E-state index contributed by atoms with van der Waals surface area (Å²) in [5.74, 6) is -0.526. The second kappa shape index (κ2) is 6.05. The third-order valence-electron chi connectivity index (χ3n) is 0.703. The molecule has 6 heteroatoms. The molecule has 0 aliphatic rings. The van der Waals surface area contributed by atoms with E-state index < -0.39 is 5.97 Å². The first-order valence-electron chi connectivity index (χ1n) is 2.83. The lowest BCUT2D eigenvalue weighted by molar-refractivity contribution is -0.482. The van der Waals surface area contributed by atoms with Crippen LogP contribution in [0.25, 0.3) is 0 Å². The van der Waals surface area contributed by atoms with Crippen molar-refractivity contribution >= 4 is 16.5 Å². The largest absolute Gasteiger partial charge is 0.432 e. The van der Waals surface area contributed by atoms with E-state index in [0.717, 1.165) is 0 Å². The van der Waals surface area contributed by atoms with Gasteiger partial charge in [-0.15, -0.1) is 0 Å². The van der Waals surface area contributed by atoms with Crippen LogP contribution in [0.15, 0.2) is 12.2 Å². The van der Waals surface area contributed by atoms with Gasteiger partial charge in [-0.25, -0.2) is 4.79 Å². The zero-order chi connectivity index (χ0) is 8.69. The lowest BCUT2D eigenvalue weighted by Gasteiger charge is -2.02. The molecule has 0 aromatic heterocycles. The van der Waals surface area contributed by atoms with Gasteiger partial charge in [0.2, 0.25) is 6.79 Å². The quantitative estimate of drug-likeness (QED) is 0.105. The zero-order valence-corrected chi connectivity index (χ0v) is 8.46. The summed E-state index contributed by atoms with van der Waals surface area (Å²) in [7, 11) is 0.393. The summed E-state index contributed by atoms with van der Waals surface area (Å²) in [6.07, 6.45) is 0. The van der Waals surface area contributed by atoms with E-state index in [1.54, 1.807) is 0 Å². The van der Waals surface area contributed by atoms with Gasteiger partial charge in [0, 0.05) is 5.57 Å². The number of carbonyl (C=O) groups is 1. The van der Waals surface area contributed by atoms with E-state index >= 15 is 0 Å². The molecule has 0 radical (unpaired) electrons. The highest BCUT2D eigenvalue weighted by Gasteiger charge is 2.01. The maximum atomic E-state index is 10.6. The molecule has 0 aliphatic heterocycles. The number of hydrogen-bond donors (Lipinski definition) is 0. The van der Waals surface area contributed by atoms with Gasteiger partial charge in [0.05, 0.1) is 0 Å². The SMILES string of the molecule is C=C(C)C(=O)OCOOO[SiH3]. The van der Waals surface area contributed by atoms with Gasteiger partial charge in [-0.05, 0) is 6.92 Å². The van der Waals surface area contributed by atoms with E-state index in [1.807, 2.05) is 0 Å². The van der Waals surface area contributed by atoms with Crippen molar-refractivity contribution in [1.29, 1.82) is 0 Å². The van der Waals surface area contributed by atoms with Crippen molar-refractivity contribution in [2.75, 3.05) is 6.79 Å². The molecule has 11 heavy (non-hydrogen) atoms. The topological polar surface area (TPSA) is 54.0 Å². The van der Waals surface area contributed by atoms with Crippen LogP contribution in [0.4, 0.5) is 0 Å². The third-order valence-corrected chi connectivity index (χ3v) is 0.839. The first kappa shape index (κ1) is 10.3. The van der Waals surface area contributed by atoms with Gasteiger partial charge in [-0.2, -0.15) is 4.89 Å². The number of rotatable bonds is 5. The molecule has 0 unspecified atom stereocenters. The third kappa shape index (κ3) is 5.74. The Morgan fingerprint density at radius 3 is 2.73 bits per heavy atom. The molecule has 0 rings (SSSR count). The second-order valence-corrected chi connectivity index (χ2v) is 2.02. The average Bonchev–Trinajstić information content (AvgIpc) is 1.97. The molecule has 0 saturated carbocycles. The van der Waals surface area contributed by atoms with Gasteiger partial charge < -0.3 is 4.74 Å². The molecule has 0 bridgehead atoms. The Hall–Kier alpha value is -0.693. The highest BCUT2D eigenvalue weighted by atomic mass is 28.2. The summed E-state index contributed by atoms with van der Waals surface area (Å²) in [5, 5.41) is 4.02. The normalized spacial score (nSPS) is 9.55. The summed E-state index contributed by atoms with van der Waals surface area (Å²) in [6.45, 7) is 4.60. The second-order valence-electron chi connectivity index (χ2n) is 1.68. The molecule has 0 aromatic carbocycles. The van der Waals surface area contributed by atoms with Crippen LogP contribution in [0.3, 0.4) is 0 Å². The minimum Gasteiger partial charge on any atom is -0.432 e. The van der Waals surface area contributed by atoms with E-state index in [2.05, 4.69) is 25.8 Å². The van der Waals surface area contributed by atoms with Gasteiger partial charge in [-0.1, -0.05) is 11.6 Å². The molecular formula is C5H10O5Si. The van der Waals surface area contributed by atoms with Crippen molar-refractivity contribution in [3.05, 3.63) is 12.2 Å². The lowest BCUT2D eigenvalue weighted by atomic mass is 10.4. The van der Waals surface area contributed by atoms with Crippen LogP contribution in [-0.4, -0.2) is 23.2 Å². The van der Waals surface area contributed by atoms with Crippen molar-refractivity contribution in [2.45, 2.75) is 6.92 Å². The summed E-state index contributed by atoms with van der Waals surface area (Å²) >= 11 is 0. The van der Waals surface area contributed by atoms with E-state index in [-0.39, 0.29) is 6.79 Å². The van der Waals surface area contributed by atoms with Crippen molar-refractivity contribution in [2.24, 2.45) is 0 Å². The molecule has 0 heterocycles. The molecule has 0 N–H and O–H groups in total. The lowest BCUT2D eigenvalue weighted by Crippen LogP contribution is -2.08. The van der Waals surface area contributed by atoms with Crippen LogP contribution in [0.5, 0.6) is 0 Å². The fraction of sp³-hybridized carbons (Fsp3) is 0.400. The first-order valence-corrected chi connectivity index (χ1v) is 3.65. The fourth-order valence-electron chi connectivity index (χ4n) is 0.269. The minimum atomic E-state index is -0.526. The summed E-state index contributed by atoms with van der Waals surface area (Å²) in [6, 6.07) is 0. The maximum Gasteiger partial charge on any atom is 0.335 e. The van der Waals surface area contributed by atoms with Crippen LogP contribution in [0.1, 0.15) is 6.92 Å². The van der Waals surface area contributed by atoms with Gasteiger partial charge >= 0.3 is 5.97 Å². The molecule has 0 aliphatic carbocycles. The summed E-state index contributed by atoms with van der Waals surface area (Å²) in [5.41, 5.74) is 0.306. The van der Waals surface area contributed by atoms with Crippen molar-refractivity contribution in [1.82, 2.24) is 0 Å². The van der Waals surface area contributed by atoms with Crippen LogP contribution in [-0.2, 0) is 24.0 Å². The molecule has 0 amide bonds. The Labute approximate surface area is 67.3 Å². The maximum absolute atomic E-state index is 10.6. The van der Waals surface area contributed by atoms with E-state index in [1.165, 1.54) is 6.92 Å². The number of hydrogen-bond acceptors (Lipinski definition) is 5. The molecule has 0 fully saturated rings. The van der Waals surface area contributed by atoms with E-state index in [4.69, 9.17) is 0 Å². The highest BCUT2D eigenvalue weighted by Crippen LogP contribution is 1.91. The fourth-order valence-corrected chi connectivity index (χ4v) is 0.365.